The number of anilines is 1. The number of hydrazine groups is 1. The maximum absolute atomic E-state index is 5.32. The number of hydrogen-bond donors (Lipinski definition) is 2. The van der Waals surface area contributed by atoms with Gasteiger partial charge in [-0.25, -0.2) is 15.8 Å². The van der Waals surface area contributed by atoms with Crippen molar-refractivity contribution in [3.63, 3.8) is 0 Å². The topological polar surface area (TPSA) is 63.8 Å². The van der Waals surface area contributed by atoms with Crippen molar-refractivity contribution >= 4 is 33.1 Å². The Bertz CT molecular complexity index is 483. The Labute approximate surface area is 99.7 Å². The third kappa shape index (κ3) is 2.34. The first-order valence-electron chi connectivity index (χ1n) is 4.27. The molecule has 2 aromatic rings. The van der Waals surface area contributed by atoms with Crippen LogP contribution in [-0.2, 0) is 0 Å². The Morgan fingerprint density at radius 2 is 2.20 bits per heavy atom. The van der Waals surface area contributed by atoms with Crippen LogP contribution in [0.5, 0.6) is 0 Å². The van der Waals surface area contributed by atoms with Crippen molar-refractivity contribution in [3.05, 3.63) is 27.7 Å². The van der Waals surface area contributed by atoms with Gasteiger partial charge >= 0.3 is 0 Å². The van der Waals surface area contributed by atoms with Gasteiger partial charge in [-0.2, -0.15) is 0 Å². The smallest absolute Gasteiger partial charge is 0.171 e. The molecule has 0 aliphatic rings. The quantitative estimate of drug-likeness (QED) is 0.657. The van der Waals surface area contributed by atoms with Gasteiger partial charge in [0.1, 0.15) is 5.82 Å². The molecule has 0 saturated carbocycles. The monoisotopic (exact) mass is 284 g/mol. The Balaban J connectivity index is 2.48. The molecule has 3 N–H and O–H groups in total. The molecule has 4 nitrogen and oxygen atoms in total. The molecule has 0 atom stereocenters. The molecule has 0 fully saturated rings. The predicted molar refractivity (Wildman–Crippen MR) is 65.6 cm³/mol. The average molecular weight is 285 g/mol. The minimum Gasteiger partial charge on any atom is -0.308 e. The van der Waals surface area contributed by atoms with Crippen molar-refractivity contribution in [2.24, 2.45) is 5.84 Å². The predicted octanol–water partition coefficient (Wildman–Crippen LogP) is 2.56. The number of nitrogens with two attached hydrogens (primary N) is 1. The zero-order chi connectivity index (χ0) is 10.8. The molecule has 0 amide bonds. The van der Waals surface area contributed by atoms with Gasteiger partial charge in [-0.15, -0.1) is 11.3 Å². The van der Waals surface area contributed by atoms with Crippen LogP contribution in [0, 0.1) is 6.92 Å². The van der Waals surface area contributed by atoms with Gasteiger partial charge < -0.3 is 5.43 Å². The molecule has 15 heavy (non-hydrogen) atoms. The molecule has 0 unspecified atom stereocenters. The molecule has 0 bridgehead atoms. The van der Waals surface area contributed by atoms with E-state index in [1.54, 1.807) is 17.4 Å². The molecule has 0 saturated heterocycles. The second-order valence-corrected chi connectivity index (χ2v) is 5.43. The number of rotatable bonds is 2. The number of aryl methyl sites for hydroxylation is 1. The molecule has 78 valence electrons. The van der Waals surface area contributed by atoms with E-state index in [2.05, 4.69) is 31.3 Å². The lowest BCUT2D eigenvalue weighted by Crippen LogP contribution is -2.09. The van der Waals surface area contributed by atoms with Crippen LogP contribution in [0.4, 0.5) is 5.82 Å². The van der Waals surface area contributed by atoms with Gasteiger partial charge in [0.25, 0.3) is 0 Å². The van der Waals surface area contributed by atoms with Gasteiger partial charge in [-0.1, -0.05) is 0 Å². The van der Waals surface area contributed by atoms with Crippen LogP contribution in [0.15, 0.2) is 22.0 Å². The third-order valence-electron chi connectivity index (χ3n) is 1.80. The van der Waals surface area contributed by atoms with E-state index < -0.39 is 0 Å². The molecule has 0 aromatic carbocycles. The van der Waals surface area contributed by atoms with Gasteiger partial charge in [-0.05, 0) is 35.0 Å². The van der Waals surface area contributed by atoms with Gasteiger partial charge in [0.05, 0.1) is 8.66 Å². The van der Waals surface area contributed by atoms with Crippen molar-refractivity contribution in [1.82, 2.24) is 9.97 Å². The largest absolute Gasteiger partial charge is 0.308 e. The summed E-state index contributed by atoms with van der Waals surface area (Å²) < 4.78 is 1.06. The first kappa shape index (κ1) is 10.5. The molecule has 0 spiro atoms. The van der Waals surface area contributed by atoms with E-state index in [1.165, 1.54) is 0 Å². The Hall–Kier alpha value is -0.980. The molecule has 2 rings (SSSR count). The molecule has 6 heteroatoms. The normalized spacial score (nSPS) is 10.3. The molecule has 0 aliphatic carbocycles. The Kier molecular flexibility index (Phi) is 2.99. The summed E-state index contributed by atoms with van der Waals surface area (Å²) in [5, 5.41) is 0. The second kappa shape index (κ2) is 4.26. The summed E-state index contributed by atoms with van der Waals surface area (Å²) in [6, 6.07) is 5.75. The van der Waals surface area contributed by atoms with E-state index >= 15 is 0 Å². The first-order chi connectivity index (χ1) is 7.19. The summed E-state index contributed by atoms with van der Waals surface area (Å²) >= 11 is 5.00. The maximum atomic E-state index is 5.32. The van der Waals surface area contributed by atoms with Crippen LogP contribution < -0.4 is 11.3 Å². The van der Waals surface area contributed by atoms with Crippen LogP contribution in [0.3, 0.4) is 0 Å². The van der Waals surface area contributed by atoms with Crippen molar-refractivity contribution in [2.75, 3.05) is 5.43 Å². The van der Waals surface area contributed by atoms with Gasteiger partial charge in [0.15, 0.2) is 5.82 Å². The highest BCUT2D eigenvalue weighted by Gasteiger charge is 2.06. The highest BCUT2D eigenvalue weighted by Crippen LogP contribution is 2.29. The number of hydrogen-bond acceptors (Lipinski definition) is 5. The first-order valence-corrected chi connectivity index (χ1v) is 5.88. The number of thiophene rings is 1. The summed E-state index contributed by atoms with van der Waals surface area (Å²) in [6.07, 6.45) is 0. The van der Waals surface area contributed by atoms with Crippen molar-refractivity contribution in [1.29, 1.82) is 0 Å². The minimum atomic E-state index is 0.627. The molecular weight excluding hydrogens is 276 g/mol. The zero-order valence-corrected chi connectivity index (χ0v) is 10.4. The molecule has 2 heterocycles. The average Bonchev–Trinajstić information content (AvgIpc) is 2.64. The van der Waals surface area contributed by atoms with Crippen molar-refractivity contribution in [2.45, 2.75) is 6.92 Å². The summed E-state index contributed by atoms with van der Waals surface area (Å²) in [6.45, 7) is 1.91. The van der Waals surface area contributed by atoms with Crippen LogP contribution in [0.25, 0.3) is 10.7 Å². The lowest BCUT2D eigenvalue weighted by atomic mass is 10.4. The Morgan fingerprint density at radius 1 is 1.40 bits per heavy atom. The van der Waals surface area contributed by atoms with Crippen LogP contribution in [-0.4, -0.2) is 9.97 Å². The highest BCUT2D eigenvalue weighted by atomic mass is 79.9. The maximum Gasteiger partial charge on any atom is 0.171 e. The number of halogens is 1. The molecular formula is C9H9BrN4S. The summed E-state index contributed by atoms with van der Waals surface area (Å²) in [7, 11) is 0. The van der Waals surface area contributed by atoms with Gasteiger partial charge in [0, 0.05) is 11.8 Å². The van der Waals surface area contributed by atoms with Gasteiger partial charge in [-0.3, -0.25) is 0 Å². The van der Waals surface area contributed by atoms with E-state index in [4.69, 9.17) is 5.84 Å². The Morgan fingerprint density at radius 3 is 2.80 bits per heavy atom. The third-order valence-corrected chi connectivity index (χ3v) is 3.42. The molecule has 0 radical (unpaired) electrons. The number of aromatic nitrogens is 2. The summed E-state index contributed by atoms with van der Waals surface area (Å²) in [4.78, 5) is 9.64. The van der Waals surface area contributed by atoms with E-state index in [-0.39, 0.29) is 0 Å². The van der Waals surface area contributed by atoms with E-state index in [0.29, 0.717) is 11.6 Å². The number of nitrogens with zero attached hydrogens (tertiary/aromatic N) is 2. The van der Waals surface area contributed by atoms with Gasteiger partial charge in [0.2, 0.25) is 0 Å². The number of nitrogen functional groups attached to an aromatic ring is 1. The molecule has 2 aromatic heterocycles. The standard InChI is InChI=1S/C9H9BrN4S/c1-5-4-8(14-11)13-9(12-5)6-2-3-7(10)15-6/h2-4H,11H2,1H3,(H,12,13,14). The zero-order valence-electron chi connectivity index (χ0n) is 7.99. The molecule has 0 aliphatic heterocycles. The van der Waals surface area contributed by atoms with Crippen LogP contribution in [0.1, 0.15) is 5.69 Å². The SMILES string of the molecule is Cc1cc(NN)nc(-c2ccc(Br)s2)n1. The second-order valence-electron chi connectivity index (χ2n) is 2.97. The fourth-order valence-electron chi connectivity index (χ4n) is 1.19. The lowest BCUT2D eigenvalue weighted by Gasteiger charge is -2.02. The highest BCUT2D eigenvalue weighted by molar-refractivity contribution is 9.11. The van der Waals surface area contributed by atoms with Crippen LogP contribution in [0.2, 0.25) is 0 Å². The van der Waals surface area contributed by atoms with E-state index in [9.17, 15) is 0 Å². The number of nitrogens with one attached hydrogen (secondary N) is 1. The lowest BCUT2D eigenvalue weighted by molar-refractivity contribution is 1.10. The van der Waals surface area contributed by atoms with Crippen LogP contribution >= 0.6 is 27.3 Å². The van der Waals surface area contributed by atoms with Crippen molar-refractivity contribution in [3.8, 4) is 10.7 Å². The van der Waals surface area contributed by atoms with E-state index in [1.807, 2.05) is 19.1 Å². The minimum absolute atomic E-state index is 0.627. The van der Waals surface area contributed by atoms with Crippen molar-refractivity contribution < 1.29 is 0 Å². The fraction of sp³-hybridized carbons (Fsp3) is 0.111. The fourth-order valence-corrected chi connectivity index (χ4v) is 2.51. The summed E-state index contributed by atoms with van der Waals surface area (Å²) in [5.74, 6) is 6.64. The van der Waals surface area contributed by atoms with E-state index in [0.717, 1.165) is 14.4 Å². The summed E-state index contributed by atoms with van der Waals surface area (Å²) in [5.41, 5.74) is 3.41.